The van der Waals surface area contributed by atoms with E-state index in [4.69, 9.17) is 15.9 Å². The van der Waals surface area contributed by atoms with Crippen LogP contribution in [0.15, 0.2) is 48.0 Å². The number of carbonyl (C=O) groups is 5. The quantitative estimate of drug-likeness (QED) is 0.0305. The van der Waals surface area contributed by atoms with Gasteiger partial charge in [0.2, 0.25) is 11.8 Å². The highest BCUT2D eigenvalue weighted by Crippen LogP contribution is 2.27. The maximum atomic E-state index is 12.6. The van der Waals surface area contributed by atoms with Gasteiger partial charge in [-0.3, -0.25) is 30.3 Å². The number of ether oxygens (including phenoxy) is 1. The lowest BCUT2D eigenvalue weighted by Gasteiger charge is -2.24. The van der Waals surface area contributed by atoms with Crippen molar-refractivity contribution in [3.8, 4) is 11.5 Å². The molecule has 252 valence electrons. The molecule has 2 aromatic carbocycles. The molecule has 12 nitrogen and oxygen atoms in total. The summed E-state index contributed by atoms with van der Waals surface area (Å²) in [4.78, 5) is 62.2. The van der Waals surface area contributed by atoms with Gasteiger partial charge in [-0.2, -0.15) is 0 Å². The van der Waals surface area contributed by atoms with Crippen LogP contribution >= 0.6 is 0 Å². The molecule has 3 rings (SSSR count). The number of Topliss-reactive ketones (excluding diaryl/α,β-unsaturated/α-hetero) is 2. The number of nitrogens with one attached hydrogen (secondary N) is 2. The third-order valence-electron chi connectivity index (χ3n) is 8.01. The number of unbranched alkanes of at least 4 members (excludes halogenated alkanes) is 2. The molecule has 2 aromatic rings. The average molecular weight is 649 g/mol. The monoisotopic (exact) mass is 648 g/mol. The second-order valence-corrected chi connectivity index (χ2v) is 11.6. The number of amides is 2. The molecule has 2 amide bonds. The SMILES string of the molecule is CCN(CCNC(=O)CCCCCNC(=O)CCC1C(=O)CCC1=O)c1ccc(/C=C(\C)C(=O)Oc2ccc(C(N)=[NH2+])cc2)c(O)c1. The Morgan fingerprint density at radius 2 is 1.64 bits per heavy atom. The molecule has 0 atom stereocenters. The number of nitrogens with two attached hydrogens (primary N) is 2. The van der Waals surface area contributed by atoms with Gasteiger partial charge in [-0.05, 0) is 75.6 Å². The van der Waals surface area contributed by atoms with E-state index in [1.807, 2.05) is 17.9 Å². The number of phenolic OH excluding ortho intramolecular Hbond substituents is 1. The molecule has 47 heavy (non-hydrogen) atoms. The molecule has 1 saturated carbocycles. The van der Waals surface area contributed by atoms with Crippen molar-refractivity contribution in [3.05, 3.63) is 59.2 Å². The van der Waals surface area contributed by atoms with Gasteiger partial charge in [-0.1, -0.05) is 6.42 Å². The number of aromatic hydroxyl groups is 1. The van der Waals surface area contributed by atoms with Crippen molar-refractivity contribution in [1.29, 1.82) is 0 Å². The molecule has 1 aliphatic rings. The van der Waals surface area contributed by atoms with Crippen LogP contribution in [0.2, 0.25) is 0 Å². The first-order chi connectivity index (χ1) is 22.5. The molecular weight excluding hydrogens is 602 g/mol. The van der Waals surface area contributed by atoms with Crippen molar-refractivity contribution >= 4 is 46.9 Å². The zero-order valence-electron chi connectivity index (χ0n) is 27.2. The van der Waals surface area contributed by atoms with E-state index in [0.717, 1.165) is 18.5 Å². The van der Waals surface area contributed by atoms with Crippen LogP contribution in [0, 0.1) is 5.92 Å². The summed E-state index contributed by atoms with van der Waals surface area (Å²) in [6, 6.07) is 11.7. The van der Waals surface area contributed by atoms with Gasteiger partial charge in [-0.25, -0.2) is 4.79 Å². The Labute approximate surface area is 275 Å². The highest BCUT2D eigenvalue weighted by Gasteiger charge is 2.32. The van der Waals surface area contributed by atoms with Crippen LogP contribution < -0.4 is 31.4 Å². The first kappa shape index (κ1) is 36.5. The number of esters is 1. The van der Waals surface area contributed by atoms with Gasteiger partial charge in [0.05, 0.1) is 11.5 Å². The van der Waals surface area contributed by atoms with Crippen LogP contribution in [0.3, 0.4) is 0 Å². The van der Waals surface area contributed by atoms with Crippen molar-refractivity contribution in [3.63, 3.8) is 0 Å². The summed E-state index contributed by atoms with van der Waals surface area (Å²) in [6.07, 6.45) is 5.16. The largest absolute Gasteiger partial charge is 0.507 e. The molecule has 0 aromatic heterocycles. The van der Waals surface area contributed by atoms with Crippen molar-refractivity contribution < 1.29 is 39.2 Å². The number of anilines is 1. The number of likely N-dealkylation sites (N-methyl/N-ethyl adjacent to an activating group) is 1. The van der Waals surface area contributed by atoms with Gasteiger partial charge in [0, 0.05) is 74.8 Å². The fourth-order valence-corrected chi connectivity index (χ4v) is 5.21. The second-order valence-electron chi connectivity index (χ2n) is 11.6. The first-order valence-electron chi connectivity index (χ1n) is 16.0. The Hall–Kier alpha value is -5.00. The van der Waals surface area contributed by atoms with E-state index in [2.05, 4.69) is 10.6 Å². The third-order valence-corrected chi connectivity index (χ3v) is 8.01. The van der Waals surface area contributed by atoms with E-state index in [0.29, 0.717) is 74.3 Å². The highest BCUT2D eigenvalue weighted by molar-refractivity contribution is 6.08. The number of ketones is 2. The van der Waals surface area contributed by atoms with Gasteiger partial charge in [0.15, 0.2) is 0 Å². The molecule has 0 unspecified atom stereocenters. The summed E-state index contributed by atoms with van der Waals surface area (Å²) in [6.45, 7) is 5.69. The molecular formula is C35H46N5O7+. The topological polar surface area (TPSA) is 194 Å². The minimum Gasteiger partial charge on any atom is -0.507 e. The van der Waals surface area contributed by atoms with Crippen LogP contribution in [0.25, 0.3) is 6.08 Å². The van der Waals surface area contributed by atoms with E-state index in [9.17, 15) is 29.1 Å². The Bertz CT molecular complexity index is 1470. The average Bonchev–Trinajstić information content (AvgIpc) is 3.37. The number of nitrogens with zero attached hydrogens (tertiary/aromatic N) is 1. The van der Waals surface area contributed by atoms with Crippen molar-refractivity contribution in [2.75, 3.05) is 31.1 Å². The Kier molecular flexibility index (Phi) is 14.1. The third kappa shape index (κ3) is 11.7. The lowest BCUT2D eigenvalue weighted by molar-refractivity contribution is -0.130. The van der Waals surface area contributed by atoms with Crippen molar-refractivity contribution in [1.82, 2.24) is 10.6 Å². The van der Waals surface area contributed by atoms with E-state index in [1.165, 1.54) is 0 Å². The Balaban J connectivity index is 1.34. The lowest BCUT2D eigenvalue weighted by atomic mass is 10.00. The summed E-state index contributed by atoms with van der Waals surface area (Å²) in [5, 5.41) is 22.0. The van der Waals surface area contributed by atoms with Crippen molar-refractivity contribution in [2.24, 2.45) is 11.7 Å². The highest BCUT2D eigenvalue weighted by atomic mass is 16.5. The summed E-state index contributed by atoms with van der Waals surface area (Å²) in [5.74, 6) is -1.00. The summed E-state index contributed by atoms with van der Waals surface area (Å²) < 4.78 is 5.39. The number of rotatable bonds is 18. The summed E-state index contributed by atoms with van der Waals surface area (Å²) >= 11 is 0. The van der Waals surface area contributed by atoms with Crippen LogP contribution in [0.5, 0.6) is 11.5 Å². The zero-order chi connectivity index (χ0) is 34.3. The van der Waals surface area contributed by atoms with Gasteiger partial charge in [-0.15, -0.1) is 0 Å². The molecule has 0 heterocycles. The molecule has 1 aliphatic carbocycles. The molecule has 1 fully saturated rings. The number of hydrogen-bond donors (Lipinski definition) is 5. The fraction of sp³-hybridized carbons (Fsp3) is 0.429. The van der Waals surface area contributed by atoms with E-state index in [-0.39, 0.29) is 47.8 Å². The molecule has 0 aliphatic heterocycles. The number of phenols is 1. The second kappa shape index (κ2) is 18.2. The normalized spacial score (nSPS) is 13.4. The van der Waals surface area contributed by atoms with E-state index in [1.54, 1.807) is 49.4 Å². The smallest absolute Gasteiger partial charge is 0.339 e. The van der Waals surface area contributed by atoms with Gasteiger partial charge in [0.25, 0.3) is 5.84 Å². The molecule has 7 N–H and O–H groups in total. The standard InChI is InChI=1S/C35H45N5O7/c1-3-40(20-19-39-32(44)7-5-4-6-18-38-33(45)17-14-28-29(41)15-16-30(28)42)26-11-8-25(31(43)22-26)21-23(2)35(46)47-27-12-9-24(10-13-27)34(36)37/h8-13,21-22,28,43H,3-7,14-20H2,1-2H3,(H3,36,37)(H,38,45)(H,39,44)/p+1/b23-21+. The van der Waals surface area contributed by atoms with Crippen LogP contribution in [0.1, 0.15) is 76.3 Å². The maximum absolute atomic E-state index is 12.6. The molecule has 0 radical (unpaired) electrons. The molecule has 0 bridgehead atoms. The summed E-state index contributed by atoms with van der Waals surface area (Å²) in [5.41, 5.74) is 7.73. The van der Waals surface area contributed by atoms with Crippen LogP contribution in [0.4, 0.5) is 5.69 Å². The molecule has 12 heteroatoms. The van der Waals surface area contributed by atoms with Gasteiger partial charge >= 0.3 is 5.97 Å². The number of hydrogen-bond acceptors (Lipinski definition) is 8. The van der Waals surface area contributed by atoms with Crippen molar-refractivity contribution in [2.45, 2.75) is 65.2 Å². The zero-order valence-corrected chi connectivity index (χ0v) is 27.2. The lowest BCUT2D eigenvalue weighted by Crippen LogP contribution is -2.46. The van der Waals surface area contributed by atoms with Crippen LogP contribution in [-0.4, -0.2) is 66.5 Å². The predicted molar refractivity (Wildman–Crippen MR) is 178 cm³/mol. The number of benzene rings is 2. The van der Waals surface area contributed by atoms with E-state index < -0.39 is 11.9 Å². The van der Waals surface area contributed by atoms with Gasteiger partial charge in [0.1, 0.15) is 23.1 Å². The minimum atomic E-state index is -0.610. The maximum Gasteiger partial charge on any atom is 0.339 e. The predicted octanol–water partition coefficient (Wildman–Crippen LogP) is 1.81. The minimum absolute atomic E-state index is 0.00523. The van der Waals surface area contributed by atoms with E-state index >= 15 is 0 Å². The summed E-state index contributed by atoms with van der Waals surface area (Å²) in [7, 11) is 0. The number of amidine groups is 1. The van der Waals surface area contributed by atoms with Gasteiger partial charge < -0.3 is 25.4 Å². The van der Waals surface area contributed by atoms with Crippen LogP contribution in [-0.2, 0) is 24.0 Å². The first-order valence-corrected chi connectivity index (χ1v) is 16.0. The molecule has 0 saturated heterocycles. The molecule has 0 spiro atoms. The Morgan fingerprint density at radius 3 is 2.28 bits per heavy atom. The number of carbonyl (C=O) groups excluding carboxylic acids is 5. The fourth-order valence-electron chi connectivity index (χ4n) is 5.21. The Morgan fingerprint density at radius 1 is 0.979 bits per heavy atom.